The Bertz CT molecular complexity index is 149. The van der Waals surface area contributed by atoms with Crippen molar-refractivity contribution >= 4 is 19.6 Å². The summed E-state index contributed by atoms with van der Waals surface area (Å²) in [7, 11) is 1.24. The zero-order chi connectivity index (χ0) is 8.15. The van der Waals surface area contributed by atoms with Crippen LogP contribution in [-0.4, -0.2) is 37.3 Å². The standard InChI is InChI=1S/C4H9BN2O3/c5-4(10)7-2(1-6)3(8)9/h2H,1,5-6H2,(H,7,10)(H,8,9)/t2-/m0/s1. The fraction of sp³-hybridized carbons (Fsp3) is 0.500. The first kappa shape index (κ1) is 8.96. The summed E-state index contributed by atoms with van der Waals surface area (Å²) < 4.78 is 0. The molecule has 5 nitrogen and oxygen atoms in total. The lowest BCUT2D eigenvalue weighted by atomic mass is 10.1. The van der Waals surface area contributed by atoms with E-state index in [-0.39, 0.29) is 6.54 Å². The Morgan fingerprint density at radius 2 is 2.20 bits per heavy atom. The minimum atomic E-state index is -1.11. The molecule has 0 saturated carbocycles. The summed E-state index contributed by atoms with van der Waals surface area (Å²) in [5.74, 6) is -1.50. The van der Waals surface area contributed by atoms with Gasteiger partial charge in [0, 0.05) is 6.54 Å². The topological polar surface area (TPSA) is 92.4 Å². The molecule has 0 aromatic carbocycles. The summed E-state index contributed by atoms with van der Waals surface area (Å²) in [5.41, 5.74) is 5.03. The maximum absolute atomic E-state index is 10.3. The molecule has 0 aromatic heterocycles. The predicted molar refractivity (Wildman–Crippen MR) is 37.6 cm³/mol. The molecule has 0 radical (unpaired) electrons. The average Bonchev–Trinajstić information content (AvgIpc) is 1.81. The number of amides is 1. The highest BCUT2D eigenvalue weighted by Crippen LogP contribution is 1.78. The van der Waals surface area contributed by atoms with Crippen molar-refractivity contribution in [2.75, 3.05) is 6.54 Å². The van der Waals surface area contributed by atoms with Crippen LogP contribution in [0, 0.1) is 0 Å². The van der Waals surface area contributed by atoms with Crippen molar-refractivity contribution in [3.63, 3.8) is 0 Å². The zero-order valence-electron chi connectivity index (χ0n) is 5.63. The van der Waals surface area contributed by atoms with Crippen molar-refractivity contribution in [2.24, 2.45) is 5.73 Å². The molecule has 56 valence electrons. The second-order valence-electron chi connectivity index (χ2n) is 1.83. The number of carbonyl (C=O) groups excluding carboxylic acids is 1. The molecular weight excluding hydrogens is 135 g/mol. The van der Waals surface area contributed by atoms with E-state index in [1.165, 1.54) is 7.85 Å². The molecule has 0 fully saturated rings. The normalized spacial score (nSPS) is 12.1. The third-order valence-electron chi connectivity index (χ3n) is 0.911. The quantitative estimate of drug-likeness (QED) is 0.389. The maximum atomic E-state index is 10.3. The third kappa shape index (κ3) is 3.08. The first-order valence-corrected chi connectivity index (χ1v) is 2.78. The lowest BCUT2D eigenvalue weighted by Crippen LogP contribution is -2.45. The smallest absolute Gasteiger partial charge is 0.327 e. The molecule has 0 aliphatic carbocycles. The van der Waals surface area contributed by atoms with Gasteiger partial charge in [0.25, 0.3) is 0 Å². The van der Waals surface area contributed by atoms with Gasteiger partial charge in [0.15, 0.2) is 5.81 Å². The molecule has 0 saturated heterocycles. The summed E-state index contributed by atoms with van der Waals surface area (Å²) in [6.07, 6.45) is 0. The van der Waals surface area contributed by atoms with Gasteiger partial charge in [-0.1, -0.05) is 0 Å². The Hall–Kier alpha value is -1.04. The van der Waals surface area contributed by atoms with Crippen molar-refractivity contribution in [1.82, 2.24) is 5.32 Å². The van der Waals surface area contributed by atoms with Crippen LogP contribution in [0.4, 0.5) is 4.79 Å². The molecule has 1 atom stereocenters. The molecule has 0 bridgehead atoms. The molecule has 0 rings (SSSR count). The van der Waals surface area contributed by atoms with Gasteiger partial charge in [-0.3, -0.25) is 4.79 Å². The number of carboxylic acids is 1. The number of rotatable bonds is 3. The highest BCUT2D eigenvalue weighted by Gasteiger charge is 2.14. The fourth-order valence-corrected chi connectivity index (χ4v) is 0.467. The summed E-state index contributed by atoms with van der Waals surface area (Å²) in [6, 6.07) is -0.961. The van der Waals surface area contributed by atoms with Gasteiger partial charge in [-0.15, -0.1) is 0 Å². The first-order chi connectivity index (χ1) is 4.57. The van der Waals surface area contributed by atoms with Gasteiger partial charge < -0.3 is 16.2 Å². The second-order valence-corrected chi connectivity index (χ2v) is 1.83. The zero-order valence-corrected chi connectivity index (χ0v) is 5.63. The molecule has 0 heterocycles. The minimum absolute atomic E-state index is 0.0884. The van der Waals surface area contributed by atoms with Crippen molar-refractivity contribution in [3.05, 3.63) is 0 Å². The van der Waals surface area contributed by atoms with E-state index in [0.29, 0.717) is 0 Å². The summed E-state index contributed by atoms with van der Waals surface area (Å²) in [5, 5.41) is 10.5. The van der Waals surface area contributed by atoms with Crippen LogP contribution in [0.3, 0.4) is 0 Å². The summed E-state index contributed by atoms with van der Waals surface area (Å²) in [6.45, 7) is -0.0884. The number of carboxylic acid groups (broad SMARTS) is 1. The molecule has 0 aromatic rings. The molecule has 0 aliphatic rings. The van der Waals surface area contributed by atoms with Gasteiger partial charge in [-0.05, 0) is 0 Å². The summed E-state index contributed by atoms with van der Waals surface area (Å²) >= 11 is 0. The van der Waals surface area contributed by atoms with Crippen LogP contribution in [0.15, 0.2) is 0 Å². The molecular formula is C4H9BN2O3. The van der Waals surface area contributed by atoms with E-state index in [0.717, 1.165) is 0 Å². The number of aliphatic carboxylic acids is 1. The number of nitrogens with two attached hydrogens (primary N) is 1. The monoisotopic (exact) mass is 144 g/mol. The van der Waals surface area contributed by atoms with Gasteiger partial charge in [0.2, 0.25) is 7.85 Å². The largest absolute Gasteiger partial charge is 0.480 e. The molecule has 0 unspecified atom stereocenters. The van der Waals surface area contributed by atoms with Crippen LogP contribution in [0.25, 0.3) is 0 Å². The van der Waals surface area contributed by atoms with E-state index < -0.39 is 17.8 Å². The average molecular weight is 144 g/mol. The molecule has 6 heteroatoms. The van der Waals surface area contributed by atoms with Crippen molar-refractivity contribution in [2.45, 2.75) is 6.04 Å². The molecule has 0 aliphatic heterocycles. The van der Waals surface area contributed by atoms with E-state index in [1.54, 1.807) is 0 Å². The SMILES string of the molecule is BC(=O)N[C@@H](CN)C(=O)O. The van der Waals surface area contributed by atoms with Gasteiger partial charge in [0.05, 0.1) is 0 Å². The predicted octanol–water partition coefficient (Wildman–Crippen LogP) is -2.26. The van der Waals surface area contributed by atoms with E-state index in [9.17, 15) is 9.59 Å². The van der Waals surface area contributed by atoms with E-state index in [4.69, 9.17) is 10.8 Å². The first-order valence-electron chi connectivity index (χ1n) is 2.78. The highest BCUT2D eigenvalue weighted by atomic mass is 16.4. The van der Waals surface area contributed by atoms with Crippen molar-refractivity contribution < 1.29 is 14.7 Å². The summed E-state index contributed by atoms with van der Waals surface area (Å²) in [4.78, 5) is 20.5. The maximum Gasteiger partial charge on any atom is 0.327 e. The van der Waals surface area contributed by atoms with Gasteiger partial charge in [-0.2, -0.15) is 0 Å². The molecule has 10 heavy (non-hydrogen) atoms. The van der Waals surface area contributed by atoms with Gasteiger partial charge >= 0.3 is 5.97 Å². The number of hydrogen-bond donors (Lipinski definition) is 3. The lowest BCUT2D eigenvalue weighted by Gasteiger charge is -2.09. The Morgan fingerprint density at radius 1 is 1.70 bits per heavy atom. The van der Waals surface area contributed by atoms with E-state index in [1.807, 2.05) is 0 Å². The molecule has 4 N–H and O–H groups in total. The Labute approximate surface area is 59.0 Å². The van der Waals surface area contributed by atoms with E-state index in [2.05, 4.69) is 5.32 Å². The van der Waals surface area contributed by atoms with Crippen LogP contribution in [0.5, 0.6) is 0 Å². The fourth-order valence-electron chi connectivity index (χ4n) is 0.467. The van der Waals surface area contributed by atoms with Crippen molar-refractivity contribution in [1.29, 1.82) is 0 Å². The van der Waals surface area contributed by atoms with Gasteiger partial charge in [0.1, 0.15) is 6.04 Å². The Kier molecular flexibility index (Phi) is 3.49. The third-order valence-corrected chi connectivity index (χ3v) is 0.911. The van der Waals surface area contributed by atoms with Gasteiger partial charge in [-0.25, -0.2) is 4.79 Å². The van der Waals surface area contributed by atoms with Crippen LogP contribution < -0.4 is 11.1 Å². The van der Waals surface area contributed by atoms with Crippen LogP contribution in [0.1, 0.15) is 0 Å². The van der Waals surface area contributed by atoms with Crippen LogP contribution in [0.2, 0.25) is 0 Å². The lowest BCUT2D eigenvalue weighted by molar-refractivity contribution is -0.138. The Morgan fingerprint density at radius 3 is 2.30 bits per heavy atom. The highest BCUT2D eigenvalue weighted by molar-refractivity contribution is 6.57. The molecule has 0 spiro atoms. The second kappa shape index (κ2) is 3.89. The number of nitrogens with one attached hydrogen (secondary N) is 1. The minimum Gasteiger partial charge on any atom is -0.480 e. The Balaban J connectivity index is 3.83. The van der Waals surface area contributed by atoms with Crippen LogP contribution in [-0.2, 0) is 4.79 Å². The van der Waals surface area contributed by atoms with E-state index >= 15 is 0 Å². The molecule has 1 amide bonds. The van der Waals surface area contributed by atoms with Crippen LogP contribution >= 0.6 is 0 Å². The number of hydrogen-bond acceptors (Lipinski definition) is 3. The van der Waals surface area contributed by atoms with Crippen molar-refractivity contribution in [3.8, 4) is 0 Å². The number of carbonyl (C=O) groups is 2.